The van der Waals surface area contributed by atoms with Crippen LogP contribution in [0.25, 0.3) is 0 Å². The van der Waals surface area contributed by atoms with Crippen molar-refractivity contribution in [3.05, 3.63) is 23.9 Å². The highest BCUT2D eigenvalue weighted by atomic mass is 16.5. The quantitative estimate of drug-likeness (QED) is 0.443. The first kappa shape index (κ1) is 32.2. The normalized spacial score (nSPS) is 26.1. The molecule has 0 unspecified atom stereocenters. The molecule has 2 N–H and O–H groups in total. The molecule has 1 aromatic heterocycles. The smallest absolute Gasteiger partial charge is 0.270 e. The van der Waals surface area contributed by atoms with Gasteiger partial charge in [0.1, 0.15) is 5.69 Å². The SMILES string of the molecule is CCCCCCN1CC[C@H]2CC(=O)N3CC[C@@H](CC(=O)NC(C)C)[C@@H](CCOc4cccc(n4)C(=O)NCC[C@H]2C1)C3. The number of hydrogen-bond acceptors (Lipinski definition) is 6. The second-order valence-corrected chi connectivity index (χ2v) is 13.0. The van der Waals surface area contributed by atoms with E-state index in [0.29, 0.717) is 62.5 Å². The van der Waals surface area contributed by atoms with Gasteiger partial charge in [0, 0.05) is 51.1 Å². The van der Waals surface area contributed by atoms with Gasteiger partial charge in [-0.15, -0.1) is 0 Å². The molecule has 3 aliphatic heterocycles. The van der Waals surface area contributed by atoms with Gasteiger partial charge in [-0.2, -0.15) is 0 Å². The average molecular weight is 584 g/mol. The second kappa shape index (κ2) is 16.2. The monoisotopic (exact) mass is 583 g/mol. The molecule has 0 aromatic carbocycles. The summed E-state index contributed by atoms with van der Waals surface area (Å²) in [5.41, 5.74) is 0.358. The summed E-state index contributed by atoms with van der Waals surface area (Å²) >= 11 is 0. The highest BCUT2D eigenvalue weighted by molar-refractivity contribution is 5.92. The number of amides is 3. The Kier molecular flexibility index (Phi) is 12.5. The van der Waals surface area contributed by atoms with Crippen LogP contribution in [0.15, 0.2) is 18.2 Å². The Hall–Kier alpha value is -2.68. The lowest BCUT2D eigenvalue weighted by Gasteiger charge is -2.41. The van der Waals surface area contributed by atoms with E-state index in [9.17, 15) is 14.4 Å². The summed E-state index contributed by atoms with van der Waals surface area (Å²) in [6, 6.07) is 5.41. The van der Waals surface area contributed by atoms with E-state index in [1.165, 1.54) is 25.7 Å². The highest BCUT2D eigenvalue weighted by Gasteiger charge is 2.36. The number of ether oxygens (including phenoxy) is 1. The van der Waals surface area contributed by atoms with E-state index in [0.717, 1.165) is 45.3 Å². The Bertz CT molecular complexity index is 1030. The number of likely N-dealkylation sites (tertiary alicyclic amines) is 1. The Morgan fingerprint density at radius 2 is 1.90 bits per heavy atom. The predicted octanol–water partition coefficient (Wildman–Crippen LogP) is 4.27. The molecule has 4 atom stereocenters. The standard InChI is InChI=1S/C33H53N5O4/c1-4-5-6-7-16-37-17-12-26-21-32(40)38-18-13-25(20-30(39)35-24(2)3)28(23-38)14-19-42-31-10-8-9-29(36-31)33(41)34-15-11-27(26)22-37/h8-10,24-28H,4-7,11-23H2,1-3H3,(H,34,41)(H,35,39)/t25-,26-,27-,28-/m0/s1. The summed E-state index contributed by atoms with van der Waals surface area (Å²) in [6.45, 7) is 11.7. The topological polar surface area (TPSA) is 104 Å². The van der Waals surface area contributed by atoms with Crippen molar-refractivity contribution in [1.82, 2.24) is 25.4 Å². The maximum absolute atomic E-state index is 13.7. The third-order valence-corrected chi connectivity index (χ3v) is 9.38. The number of carbonyl (C=O) groups excluding carboxylic acids is 3. The van der Waals surface area contributed by atoms with E-state index in [1.807, 2.05) is 13.8 Å². The molecule has 2 saturated heterocycles. The zero-order valence-electron chi connectivity index (χ0n) is 26.1. The summed E-state index contributed by atoms with van der Waals surface area (Å²) in [5, 5.41) is 6.10. The third kappa shape index (κ3) is 9.68. The Balaban J connectivity index is 1.48. The number of unbranched alkanes of at least 4 members (excludes halogenated alkanes) is 3. The van der Waals surface area contributed by atoms with Crippen LogP contribution in [-0.2, 0) is 9.59 Å². The number of piperidine rings is 2. The van der Waals surface area contributed by atoms with E-state index in [1.54, 1.807) is 18.2 Å². The molecule has 42 heavy (non-hydrogen) atoms. The fourth-order valence-electron chi connectivity index (χ4n) is 6.99. The molecule has 1 aromatic rings. The van der Waals surface area contributed by atoms with Crippen LogP contribution in [-0.4, -0.2) is 84.4 Å². The first-order chi connectivity index (χ1) is 20.3. The van der Waals surface area contributed by atoms with Crippen LogP contribution < -0.4 is 15.4 Å². The van der Waals surface area contributed by atoms with Crippen LogP contribution in [0, 0.1) is 23.7 Å². The minimum atomic E-state index is -0.192. The molecule has 3 aliphatic rings. The molecule has 0 spiro atoms. The zero-order valence-corrected chi connectivity index (χ0v) is 26.1. The lowest BCUT2D eigenvalue weighted by atomic mass is 9.79. The number of nitrogens with one attached hydrogen (secondary N) is 2. The number of nitrogens with zero attached hydrogens (tertiary/aromatic N) is 3. The Morgan fingerprint density at radius 3 is 2.71 bits per heavy atom. The molecular weight excluding hydrogens is 530 g/mol. The van der Waals surface area contributed by atoms with Crippen LogP contribution in [0.3, 0.4) is 0 Å². The molecule has 0 radical (unpaired) electrons. The van der Waals surface area contributed by atoms with E-state index < -0.39 is 0 Å². The molecule has 4 heterocycles. The Labute approximate surface area is 252 Å². The van der Waals surface area contributed by atoms with Gasteiger partial charge in [0.15, 0.2) is 0 Å². The average Bonchev–Trinajstić information content (AvgIpc) is 2.96. The minimum absolute atomic E-state index is 0.0729. The lowest BCUT2D eigenvalue weighted by molar-refractivity contribution is -0.136. The van der Waals surface area contributed by atoms with Gasteiger partial charge in [-0.3, -0.25) is 14.4 Å². The first-order valence-corrected chi connectivity index (χ1v) is 16.5. The van der Waals surface area contributed by atoms with Crippen molar-refractivity contribution in [2.45, 2.75) is 91.0 Å². The summed E-state index contributed by atoms with van der Waals surface area (Å²) in [7, 11) is 0. The van der Waals surface area contributed by atoms with Crippen molar-refractivity contribution in [1.29, 1.82) is 0 Å². The largest absolute Gasteiger partial charge is 0.478 e. The van der Waals surface area contributed by atoms with E-state index in [4.69, 9.17) is 4.74 Å². The van der Waals surface area contributed by atoms with E-state index >= 15 is 0 Å². The van der Waals surface area contributed by atoms with Gasteiger partial charge in [-0.1, -0.05) is 32.3 Å². The Morgan fingerprint density at radius 1 is 1.05 bits per heavy atom. The molecule has 2 fully saturated rings. The van der Waals surface area contributed by atoms with Gasteiger partial charge < -0.3 is 25.2 Å². The summed E-state index contributed by atoms with van der Waals surface area (Å²) < 4.78 is 5.99. The van der Waals surface area contributed by atoms with Crippen LogP contribution in [0.1, 0.15) is 95.5 Å². The van der Waals surface area contributed by atoms with E-state index in [2.05, 4.69) is 32.3 Å². The van der Waals surface area contributed by atoms with Gasteiger partial charge in [0.05, 0.1) is 6.61 Å². The fraction of sp³-hybridized carbons (Fsp3) is 0.758. The molecule has 0 aliphatic carbocycles. The van der Waals surface area contributed by atoms with Gasteiger partial charge in [0.25, 0.3) is 5.91 Å². The maximum Gasteiger partial charge on any atom is 0.270 e. The molecule has 9 heteroatoms. The van der Waals surface area contributed by atoms with Gasteiger partial charge in [-0.05, 0) is 88.8 Å². The number of hydrogen-bond donors (Lipinski definition) is 2. The second-order valence-electron chi connectivity index (χ2n) is 13.0. The van der Waals surface area contributed by atoms with Crippen LogP contribution in [0.2, 0.25) is 0 Å². The molecule has 4 rings (SSSR count). The minimum Gasteiger partial charge on any atom is -0.478 e. The number of pyridine rings is 1. The highest BCUT2D eigenvalue weighted by Crippen LogP contribution is 2.33. The molecular formula is C33H53N5O4. The lowest BCUT2D eigenvalue weighted by Crippen LogP contribution is -2.48. The third-order valence-electron chi connectivity index (χ3n) is 9.38. The van der Waals surface area contributed by atoms with Crippen LogP contribution in [0.4, 0.5) is 0 Å². The molecule has 234 valence electrons. The summed E-state index contributed by atoms with van der Waals surface area (Å²) in [4.78, 5) is 48.4. The number of carbonyl (C=O) groups is 3. The van der Waals surface area contributed by atoms with E-state index in [-0.39, 0.29) is 35.6 Å². The molecule has 4 bridgehead atoms. The molecule has 3 amide bonds. The predicted molar refractivity (Wildman–Crippen MR) is 164 cm³/mol. The summed E-state index contributed by atoms with van der Waals surface area (Å²) in [6.07, 6.45) is 9.45. The van der Waals surface area contributed by atoms with Crippen molar-refractivity contribution in [3.63, 3.8) is 0 Å². The maximum atomic E-state index is 13.7. The molecule has 9 nitrogen and oxygen atoms in total. The van der Waals surface area contributed by atoms with Crippen molar-refractivity contribution < 1.29 is 19.1 Å². The van der Waals surface area contributed by atoms with Crippen molar-refractivity contribution in [2.24, 2.45) is 23.7 Å². The van der Waals surface area contributed by atoms with Crippen molar-refractivity contribution in [2.75, 3.05) is 45.9 Å². The molecule has 0 saturated carbocycles. The van der Waals surface area contributed by atoms with Crippen molar-refractivity contribution in [3.8, 4) is 5.88 Å². The summed E-state index contributed by atoms with van der Waals surface area (Å²) in [5.74, 6) is 1.59. The van der Waals surface area contributed by atoms with Gasteiger partial charge >= 0.3 is 0 Å². The van der Waals surface area contributed by atoms with Gasteiger partial charge in [-0.25, -0.2) is 4.98 Å². The number of rotatable bonds is 8. The number of fused-ring (bicyclic) bond motifs is 5. The van der Waals surface area contributed by atoms with Gasteiger partial charge in [0.2, 0.25) is 17.7 Å². The van der Waals surface area contributed by atoms with Crippen LogP contribution >= 0.6 is 0 Å². The first-order valence-electron chi connectivity index (χ1n) is 16.5. The van der Waals surface area contributed by atoms with Crippen molar-refractivity contribution >= 4 is 17.7 Å². The number of aromatic nitrogens is 1. The van der Waals surface area contributed by atoms with Crippen LogP contribution in [0.5, 0.6) is 5.88 Å². The zero-order chi connectivity index (χ0) is 29.9. The fourth-order valence-corrected chi connectivity index (χ4v) is 6.99.